The van der Waals surface area contributed by atoms with E-state index in [1.54, 1.807) is 0 Å². The SMILES string of the molecule is CCCCCCCCCCCCOC(C)(C=O)CC. The van der Waals surface area contributed by atoms with E-state index in [2.05, 4.69) is 6.92 Å². The van der Waals surface area contributed by atoms with Gasteiger partial charge in [-0.15, -0.1) is 0 Å². The summed E-state index contributed by atoms with van der Waals surface area (Å²) in [6, 6.07) is 0. The number of hydrogen-bond donors (Lipinski definition) is 0. The fraction of sp³-hybridized carbons (Fsp3) is 0.941. The molecule has 0 heterocycles. The monoisotopic (exact) mass is 270 g/mol. The Kier molecular flexibility index (Phi) is 12.4. The Balaban J connectivity index is 3.21. The quantitative estimate of drug-likeness (QED) is 0.316. The molecule has 0 bridgehead atoms. The topological polar surface area (TPSA) is 26.3 Å². The van der Waals surface area contributed by atoms with Crippen LogP contribution < -0.4 is 0 Å². The van der Waals surface area contributed by atoms with Crippen LogP contribution in [-0.4, -0.2) is 18.5 Å². The molecule has 0 radical (unpaired) electrons. The maximum absolute atomic E-state index is 10.8. The van der Waals surface area contributed by atoms with Gasteiger partial charge in [0.2, 0.25) is 0 Å². The fourth-order valence-corrected chi connectivity index (χ4v) is 2.11. The van der Waals surface area contributed by atoms with Gasteiger partial charge in [0.1, 0.15) is 5.60 Å². The number of ether oxygens (including phenoxy) is 1. The molecule has 0 rings (SSSR count). The molecule has 0 N–H and O–H groups in total. The molecule has 0 saturated carbocycles. The van der Waals surface area contributed by atoms with Crippen molar-refractivity contribution in [2.75, 3.05) is 6.61 Å². The Bertz CT molecular complexity index is 203. The van der Waals surface area contributed by atoms with E-state index in [1.807, 2.05) is 13.8 Å². The first kappa shape index (κ1) is 18.6. The largest absolute Gasteiger partial charge is 0.368 e. The van der Waals surface area contributed by atoms with Crippen molar-refractivity contribution in [3.63, 3.8) is 0 Å². The molecule has 2 nitrogen and oxygen atoms in total. The number of hydrogen-bond acceptors (Lipinski definition) is 2. The van der Waals surface area contributed by atoms with Crippen molar-refractivity contribution >= 4 is 6.29 Å². The van der Waals surface area contributed by atoms with Gasteiger partial charge in [-0.3, -0.25) is 0 Å². The van der Waals surface area contributed by atoms with Gasteiger partial charge in [-0.2, -0.15) is 0 Å². The second-order valence-corrected chi connectivity index (χ2v) is 5.81. The third kappa shape index (κ3) is 11.2. The lowest BCUT2D eigenvalue weighted by Crippen LogP contribution is -2.29. The van der Waals surface area contributed by atoms with E-state index < -0.39 is 5.60 Å². The van der Waals surface area contributed by atoms with Crippen molar-refractivity contribution in [2.24, 2.45) is 0 Å². The predicted molar refractivity (Wildman–Crippen MR) is 82.6 cm³/mol. The molecule has 2 heteroatoms. The first-order valence-corrected chi connectivity index (χ1v) is 8.28. The number of unbranched alkanes of at least 4 members (excludes halogenated alkanes) is 9. The highest BCUT2D eigenvalue weighted by Crippen LogP contribution is 2.14. The van der Waals surface area contributed by atoms with Crippen LogP contribution in [0.15, 0.2) is 0 Å². The average molecular weight is 270 g/mol. The molecule has 19 heavy (non-hydrogen) atoms. The van der Waals surface area contributed by atoms with Gasteiger partial charge in [-0.05, 0) is 19.8 Å². The summed E-state index contributed by atoms with van der Waals surface area (Å²) in [6.07, 6.45) is 15.0. The highest BCUT2D eigenvalue weighted by Gasteiger charge is 2.20. The summed E-state index contributed by atoms with van der Waals surface area (Å²) in [5.74, 6) is 0. The molecule has 0 aromatic rings. The van der Waals surface area contributed by atoms with Crippen LogP contribution in [0.4, 0.5) is 0 Å². The predicted octanol–water partition coefficient (Wildman–Crippen LogP) is 5.29. The van der Waals surface area contributed by atoms with Crippen LogP contribution in [0.5, 0.6) is 0 Å². The van der Waals surface area contributed by atoms with Crippen LogP contribution in [0.2, 0.25) is 0 Å². The molecule has 0 aromatic heterocycles. The molecule has 114 valence electrons. The van der Waals surface area contributed by atoms with Gasteiger partial charge in [0, 0.05) is 6.61 Å². The minimum atomic E-state index is -0.556. The van der Waals surface area contributed by atoms with Gasteiger partial charge in [0.25, 0.3) is 0 Å². The summed E-state index contributed by atoms with van der Waals surface area (Å²) < 4.78 is 5.63. The molecular formula is C17H34O2. The summed E-state index contributed by atoms with van der Waals surface area (Å²) >= 11 is 0. The lowest BCUT2D eigenvalue weighted by Gasteiger charge is -2.21. The molecule has 0 aromatic carbocycles. The Hall–Kier alpha value is -0.370. The molecule has 0 spiro atoms. The molecular weight excluding hydrogens is 236 g/mol. The Morgan fingerprint density at radius 3 is 1.74 bits per heavy atom. The molecule has 0 amide bonds. The molecule has 1 atom stereocenters. The summed E-state index contributed by atoms with van der Waals surface area (Å²) in [5, 5.41) is 0. The van der Waals surface area contributed by atoms with Gasteiger partial charge in [-0.1, -0.05) is 71.6 Å². The van der Waals surface area contributed by atoms with E-state index in [9.17, 15) is 4.79 Å². The Morgan fingerprint density at radius 2 is 1.32 bits per heavy atom. The number of rotatable bonds is 14. The molecule has 1 unspecified atom stereocenters. The number of carbonyl (C=O) groups excluding carboxylic acids is 1. The van der Waals surface area contributed by atoms with E-state index in [4.69, 9.17) is 4.74 Å². The van der Waals surface area contributed by atoms with Crippen molar-refractivity contribution < 1.29 is 9.53 Å². The smallest absolute Gasteiger partial charge is 0.151 e. The van der Waals surface area contributed by atoms with Crippen LogP contribution in [0.25, 0.3) is 0 Å². The Labute approximate surface area is 120 Å². The van der Waals surface area contributed by atoms with Crippen LogP contribution in [-0.2, 0) is 9.53 Å². The van der Waals surface area contributed by atoms with Crippen LogP contribution in [0.3, 0.4) is 0 Å². The van der Waals surface area contributed by atoms with Crippen molar-refractivity contribution in [1.82, 2.24) is 0 Å². The first-order valence-electron chi connectivity index (χ1n) is 8.28. The van der Waals surface area contributed by atoms with Gasteiger partial charge in [0.15, 0.2) is 6.29 Å². The fourth-order valence-electron chi connectivity index (χ4n) is 2.11. The summed E-state index contributed by atoms with van der Waals surface area (Å²) in [6.45, 7) is 6.85. The average Bonchev–Trinajstić information content (AvgIpc) is 2.44. The lowest BCUT2D eigenvalue weighted by atomic mass is 10.1. The van der Waals surface area contributed by atoms with Crippen molar-refractivity contribution in [1.29, 1.82) is 0 Å². The maximum Gasteiger partial charge on any atom is 0.151 e. The molecule has 0 aliphatic carbocycles. The van der Waals surface area contributed by atoms with Gasteiger partial charge >= 0.3 is 0 Å². The lowest BCUT2D eigenvalue weighted by molar-refractivity contribution is -0.129. The normalized spacial score (nSPS) is 14.3. The Morgan fingerprint density at radius 1 is 0.842 bits per heavy atom. The standard InChI is InChI=1S/C17H34O2/c1-4-6-7-8-9-10-11-12-13-14-15-19-17(3,5-2)16-18/h16H,4-15H2,1-3H3. The zero-order valence-corrected chi connectivity index (χ0v) is 13.4. The van der Waals surface area contributed by atoms with Crippen molar-refractivity contribution in [3.05, 3.63) is 0 Å². The number of carbonyl (C=O) groups is 1. The van der Waals surface area contributed by atoms with Crippen LogP contribution in [0, 0.1) is 0 Å². The van der Waals surface area contributed by atoms with Crippen LogP contribution >= 0.6 is 0 Å². The summed E-state index contributed by atoms with van der Waals surface area (Å²) in [4.78, 5) is 10.8. The molecule has 0 aliphatic heterocycles. The van der Waals surface area contributed by atoms with E-state index in [0.29, 0.717) is 0 Å². The highest BCUT2D eigenvalue weighted by atomic mass is 16.5. The van der Waals surface area contributed by atoms with Gasteiger partial charge < -0.3 is 9.53 Å². The zero-order chi connectivity index (χ0) is 14.4. The zero-order valence-electron chi connectivity index (χ0n) is 13.4. The minimum absolute atomic E-state index is 0.556. The van der Waals surface area contributed by atoms with E-state index in [1.165, 1.54) is 57.8 Å². The molecule has 0 fully saturated rings. The second kappa shape index (κ2) is 12.7. The van der Waals surface area contributed by atoms with E-state index >= 15 is 0 Å². The van der Waals surface area contributed by atoms with Gasteiger partial charge in [-0.25, -0.2) is 0 Å². The summed E-state index contributed by atoms with van der Waals surface area (Å²) in [7, 11) is 0. The third-order valence-corrected chi connectivity index (χ3v) is 3.88. The van der Waals surface area contributed by atoms with E-state index in [0.717, 1.165) is 25.7 Å². The van der Waals surface area contributed by atoms with Crippen molar-refractivity contribution in [2.45, 2.75) is 97.0 Å². The third-order valence-electron chi connectivity index (χ3n) is 3.88. The first-order chi connectivity index (χ1) is 9.18. The highest BCUT2D eigenvalue weighted by molar-refractivity contribution is 5.61. The summed E-state index contributed by atoms with van der Waals surface area (Å²) in [5.41, 5.74) is -0.556. The molecule has 0 aliphatic rings. The molecule has 0 saturated heterocycles. The number of aldehydes is 1. The van der Waals surface area contributed by atoms with Crippen molar-refractivity contribution in [3.8, 4) is 0 Å². The second-order valence-electron chi connectivity index (χ2n) is 5.81. The van der Waals surface area contributed by atoms with Crippen LogP contribution in [0.1, 0.15) is 91.4 Å². The maximum atomic E-state index is 10.8. The van der Waals surface area contributed by atoms with E-state index in [-0.39, 0.29) is 0 Å². The minimum Gasteiger partial charge on any atom is -0.368 e. The van der Waals surface area contributed by atoms with Gasteiger partial charge in [0.05, 0.1) is 0 Å².